The Hall–Kier alpha value is -1.38. The van der Waals surface area contributed by atoms with Crippen molar-refractivity contribution in [1.82, 2.24) is 0 Å². The second-order valence-electron chi connectivity index (χ2n) is 3.58. The lowest BCUT2D eigenvalue weighted by molar-refractivity contribution is 0.415. The first-order valence-corrected chi connectivity index (χ1v) is 5.76. The molecule has 0 heterocycles. The lowest BCUT2D eigenvalue weighted by Crippen LogP contribution is -1.90. The number of rotatable bonds is 2. The Morgan fingerprint density at radius 1 is 1.06 bits per heavy atom. The molecule has 0 spiro atoms. The van der Waals surface area contributed by atoms with Crippen LogP contribution in [0.25, 0.3) is 11.1 Å². The smallest absolute Gasteiger partial charge is 0.137 e. The zero-order valence-electron chi connectivity index (χ0n) is 9.21. The molecule has 88 valence electrons. The van der Waals surface area contributed by atoms with Crippen LogP contribution in [0.4, 0.5) is 5.69 Å². The summed E-state index contributed by atoms with van der Waals surface area (Å²) in [6.45, 7) is 0. The van der Waals surface area contributed by atoms with E-state index in [1.54, 1.807) is 19.2 Å². The number of ether oxygens (including phenoxy) is 1. The van der Waals surface area contributed by atoms with Crippen molar-refractivity contribution in [2.24, 2.45) is 0 Å². The quantitative estimate of drug-likeness (QED) is 0.826. The molecular weight excluding hydrogens is 257 g/mol. The summed E-state index contributed by atoms with van der Waals surface area (Å²) in [6, 6.07) is 10.9. The highest BCUT2D eigenvalue weighted by atomic mass is 35.5. The molecule has 0 aliphatic heterocycles. The highest BCUT2D eigenvalue weighted by Gasteiger charge is 2.06. The minimum atomic E-state index is 0.555. The Morgan fingerprint density at radius 2 is 1.82 bits per heavy atom. The molecule has 2 aromatic carbocycles. The second-order valence-corrected chi connectivity index (χ2v) is 4.42. The molecule has 17 heavy (non-hydrogen) atoms. The van der Waals surface area contributed by atoms with Crippen molar-refractivity contribution in [1.29, 1.82) is 0 Å². The summed E-state index contributed by atoms with van der Waals surface area (Å²) >= 11 is 11.9. The second kappa shape index (κ2) is 4.86. The number of hydrogen-bond acceptors (Lipinski definition) is 2. The Labute approximate surface area is 110 Å². The number of anilines is 1. The Kier molecular flexibility index (Phi) is 3.46. The van der Waals surface area contributed by atoms with Gasteiger partial charge in [-0.3, -0.25) is 0 Å². The lowest BCUT2D eigenvalue weighted by atomic mass is 10.0. The third kappa shape index (κ3) is 2.48. The molecule has 4 heteroatoms. The fourth-order valence-corrected chi connectivity index (χ4v) is 2.07. The fourth-order valence-electron chi connectivity index (χ4n) is 1.63. The van der Waals surface area contributed by atoms with Crippen LogP contribution in [0.1, 0.15) is 0 Å². The maximum Gasteiger partial charge on any atom is 0.137 e. The van der Waals surface area contributed by atoms with Crippen molar-refractivity contribution in [3.05, 3.63) is 46.4 Å². The number of hydrogen-bond donors (Lipinski definition) is 1. The predicted molar refractivity (Wildman–Crippen MR) is 72.9 cm³/mol. The summed E-state index contributed by atoms with van der Waals surface area (Å²) in [6.07, 6.45) is 0. The molecule has 0 unspecified atom stereocenters. The Balaban J connectivity index is 2.50. The molecule has 2 aromatic rings. The van der Waals surface area contributed by atoms with Crippen molar-refractivity contribution >= 4 is 28.9 Å². The van der Waals surface area contributed by atoms with Crippen LogP contribution in [0, 0.1) is 0 Å². The Bertz CT molecular complexity index is 555. The molecule has 0 aromatic heterocycles. The summed E-state index contributed by atoms with van der Waals surface area (Å²) in [5.41, 5.74) is 8.38. The van der Waals surface area contributed by atoms with Crippen molar-refractivity contribution in [2.45, 2.75) is 0 Å². The molecule has 0 fully saturated rings. The summed E-state index contributed by atoms with van der Waals surface area (Å²) < 4.78 is 5.10. The minimum absolute atomic E-state index is 0.555. The fraction of sp³-hybridized carbons (Fsp3) is 0.0769. The Morgan fingerprint density at radius 3 is 2.41 bits per heavy atom. The number of nitrogens with two attached hydrogens (primary N) is 1. The van der Waals surface area contributed by atoms with E-state index in [2.05, 4.69) is 0 Å². The molecule has 0 bridgehead atoms. The van der Waals surface area contributed by atoms with E-state index in [1.165, 1.54) is 0 Å². The standard InChI is InChI=1S/C13H11Cl2NO/c1-17-13-5-2-8(6-11(13)15)10-4-3-9(14)7-12(10)16/h2-7H,16H2,1H3. The van der Waals surface area contributed by atoms with Gasteiger partial charge in [-0.05, 0) is 29.8 Å². The normalized spacial score (nSPS) is 10.3. The number of benzene rings is 2. The van der Waals surface area contributed by atoms with E-state index in [1.807, 2.05) is 24.3 Å². The summed E-state index contributed by atoms with van der Waals surface area (Å²) in [4.78, 5) is 0. The number of methoxy groups -OCH3 is 1. The average molecular weight is 268 g/mol. The van der Waals surface area contributed by atoms with Gasteiger partial charge in [0.05, 0.1) is 12.1 Å². The molecule has 0 aliphatic rings. The van der Waals surface area contributed by atoms with Crippen LogP contribution >= 0.6 is 23.2 Å². The van der Waals surface area contributed by atoms with Gasteiger partial charge in [-0.1, -0.05) is 35.3 Å². The first-order valence-electron chi connectivity index (χ1n) is 5.01. The third-order valence-electron chi connectivity index (χ3n) is 2.48. The molecule has 2 rings (SSSR count). The van der Waals surface area contributed by atoms with Crippen LogP contribution in [0.3, 0.4) is 0 Å². The van der Waals surface area contributed by atoms with Gasteiger partial charge in [-0.25, -0.2) is 0 Å². The summed E-state index contributed by atoms with van der Waals surface area (Å²) in [5, 5.41) is 1.17. The van der Waals surface area contributed by atoms with Gasteiger partial charge in [0.15, 0.2) is 0 Å². The SMILES string of the molecule is COc1ccc(-c2ccc(Cl)cc2N)cc1Cl. The van der Waals surface area contributed by atoms with Gasteiger partial charge in [-0.2, -0.15) is 0 Å². The van der Waals surface area contributed by atoms with E-state index in [4.69, 9.17) is 33.7 Å². The van der Waals surface area contributed by atoms with Crippen molar-refractivity contribution in [3.63, 3.8) is 0 Å². The van der Waals surface area contributed by atoms with Crippen LogP contribution < -0.4 is 10.5 Å². The van der Waals surface area contributed by atoms with E-state index in [9.17, 15) is 0 Å². The van der Waals surface area contributed by atoms with Gasteiger partial charge < -0.3 is 10.5 Å². The minimum Gasteiger partial charge on any atom is -0.495 e. The van der Waals surface area contributed by atoms with Crippen LogP contribution in [0.2, 0.25) is 10.0 Å². The van der Waals surface area contributed by atoms with Gasteiger partial charge in [0.1, 0.15) is 5.75 Å². The zero-order chi connectivity index (χ0) is 12.4. The maximum atomic E-state index is 6.07. The molecule has 2 N–H and O–H groups in total. The van der Waals surface area contributed by atoms with Gasteiger partial charge >= 0.3 is 0 Å². The van der Waals surface area contributed by atoms with Gasteiger partial charge in [0, 0.05) is 16.3 Å². The van der Waals surface area contributed by atoms with Crippen LogP contribution in [0.5, 0.6) is 5.75 Å². The molecule has 0 amide bonds. The van der Waals surface area contributed by atoms with E-state index < -0.39 is 0 Å². The van der Waals surface area contributed by atoms with Gasteiger partial charge in [0.25, 0.3) is 0 Å². The van der Waals surface area contributed by atoms with E-state index in [-0.39, 0.29) is 0 Å². The van der Waals surface area contributed by atoms with Crippen LogP contribution in [0.15, 0.2) is 36.4 Å². The zero-order valence-corrected chi connectivity index (χ0v) is 10.7. The average Bonchev–Trinajstić information content (AvgIpc) is 2.29. The third-order valence-corrected chi connectivity index (χ3v) is 3.01. The van der Waals surface area contributed by atoms with Gasteiger partial charge in [-0.15, -0.1) is 0 Å². The topological polar surface area (TPSA) is 35.2 Å². The molecule has 0 aliphatic carbocycles. The number of halogens is 2. The predicted octanol–water partition coefficient (Wildman–Crippen LogP) is 4.25. The highest BCUT2D eigenvalue weighted by Crippen LogP contribution is 2.33. The first-order chi connectivity index (χ1) is 8.11. The molecule has 0 radical (unpaired) electrons. The molecule has 0 saturated carbocycles. The van der Waals surface area contributed by atoms with E-state index in [0.717, 1.165) is 11.1 Å². The molecule has 0 saturated heterocycles. The van der Waals surface area contributed by atoms with Crippen LogP contribution in [-0.2, 0) is 0 Å². The van der Waals surface area contributed by atoms with Crippen LogP contribution in [-0.4, -0.2) is 7.11 Å². The lowest BCUT2D eigenvalue weighted by Gasteiger charge is -2.09. The van der Waals surface area contributed by atoms with Crippen molar-refractivity contribution < 1.29 is 4.74 Å². The molecule has 0 atom stereocenters. The molecule has 2 nitrogen and oxygen atoms in total. The van der Waals surface area contributed by atoms with E-state index >= 15 is 0 Å². The summed E-state index contributed by atoms with van der Waals surface area (Å²) in [7, 11) is 1.58. The summed E-state index contributed by atoms with van der Waals surface area (Å²) in [5.74, 6) is 0.642. The monoisotopic (exact) mass is 267 g/mol. The van der Waals surface area contributed by atoms with Crippen molar-refractivity contribution in [2.75, 3.05) is 12.8 Å². The van der Waals surface area contributed by atoms with Crippen molar-refractivity contribution in [3.8, 4) is 16.9 Å². The molecular formula is C13H11Cl2NO. The largest absolute Gasteiger partial charge is 0.495 e. The highest BCUT2D eigenvalue weighted by molar-refractivity contribution is 6.32. The first kappa shape index (κ1) is 12.1. The van der Waals surface area contributed by atoms with Gasteiger partial charge in [0.2, 0.25) is 0 Å². The number of nitrogen functional groups attached to an aromatic ring is 1. The maximum absolute atomic E-state index is 6.07. The van der Waals surface area contributed by atoms with E-state index in [0.29, 0.717) is 21.5 Å².